The van der Waals surface area contributed by atoms with Crippen LogP contribution in [-0.2, 0) is 4.79 Å². The highest BCUT2D eigenvalue weighted by Crippen LogP contribution is 2.16. The van der Waals surface area contributed by atoms with E-state index in [4.69, 9.17) is 0 Å². The number of allylic oxidation sites excluding steroid dienone is 13. The van der Waals surface area contributed by atoms with Crippen molar-refractivity contribution in [2.75, 3.05) is 6.61 Å². The molecule has 3 N–H and O–H groups in total. The van der Waals surface area contributed by atoms with Gasteiger partial charge in [0, 0.05) is 6.42 Å². The maximum absolute atomic E-state index is 12.5. The molecule has 65 heavy (non-hydrogen) atoms. The summed E-state index contributed by atoms with van der Waals surface area (Å²) in [6.07, 6.45) is 81.7. The number of amides is 1. The van der Waals surface area contributed by atoms with Crippen molar-refractivity contribution in [3.63, 3.8) is 0 Å². The fourth-order valence-corrected chi connectivity index (χ4v) is 8.34. The molecule has 2 atom stereocenters. The molecule has 0 rings (SSSR count). The third-order valence-electron chi connectivity index (χ3n) is 12.6. The molecular weight excluding hydrogens is 795 g/mol. The number of hydrogen-bond donors (Lipinski definition) is 3. The average Bonchev–Trinajstić information content (AvgIpc) is 3.31. The van der Waals surface area contributed by atoms with Crippen LogP contribution < -0.4 is 5.32 Å². The van der Waals surface area contributed by atoms with E-state index in [0.29, 0.717) is 6.42 Å². The van der Waals surface area contributed by atoms with E-state index in [9.17, 15) is 15.0 Å². The van der Waals surface area contributed by atoms with E-state index in [2.05, 4.69) is 92.1 Å². The quantitative estimate of drug-likeness (QED) is 0.0421. The van der Waals surface area contributed by atoms with Crippen LogP contribution in [0.4, 0.5) is 0 Å². The fraction of sp³-hybridized carbons (Fsp3) is 0.754. The molecule has 2 unspecified atom stereocenters. The van der Waals surface area contributed by atoms with E-state index in [1.807, 2.05) is 6.08 Å². The van der Waals surface area contributed by atoms with Crippen LogP contribution in [0.1, 0.15) is 277 Å². The van der Waals surface area contributed by atoms with Gasteiger partial charge in [-0.1, -0.05) is 279 Å². The second kappa shape index (κ2) is 55.9. The number of carbonyl (C=O) groups is 1. The Kier molecular flexibility index (Phi) is 53.8. The van der Waals surface area contributed by atoms with Crippen molar-refractivity contribution >= 4 is 5.91 Å². The zero-order valence-corrected chi connectivity index (χ0v) is 43.2. The molecule has 4 nitrogen and oxygen atoms in total. The van der Waals surface area contributed by atoms with Gasteiger partial charge in [-0.2, -0.15) is 0 Å². The number of carbonyl (C=O) groups excluding carboxylic acids is 1. The summed E-state index contributed by atoms with van der Waals surface area (Å²) in [6.45, 7) is 4.20. The predicted octanol–water partition coefficient (Wildman–Crippen LogP) is 18.8. The largest absolute Gasteiger partial charge is 0.394 e. The Morgan fingerprint density at radius 1 is 0.385 bits per heavy atom. The van der Waals surface area contributed by atoms with Crippen molar-refractivity contribution in [2.24, 2.45) is 0 Å². The van der Waals surface area contributed by atoms with Crippen LogP contribution in [-0.4, -0.2) is 34.9 Å². The van der Waals surface area contributed by atoms with Gasteiger partial charge in [0.05, 0.1) is 18.8 Å². The Bertz CT molecular complexity index is 1160. The van der Waals surface area contributed by atoms with Crippen molar-refractivity contribution in [1.82, 2.24) is 5.32 Å². The Morgan fingerprint density at radius 2 is 0.692 bits per heavy atom. The topological polar surface area (TPSA) is 69.6 Å². The highest BCUT2D eigenvalue weighted by molar-refractivity contribution is 5.76. The van der Waals surface area contributed by atoms with Crippen molar-refractivity contribution in [3.8, 4) is 0 Å². The molecule has 0 radical (unpaired) electrons. The van der Waals surface area contributed by atoms with E-state index in [0.717, 1.165) is 70.6 Å². The molecule has 0 spiro atoms. The fourth-order valence-electron chi connectivity index (χ4n) is 8.34. The molecule has 0 heterocycles. The summed E-state index contributed by atoms with van der Waals surface area (Å²) < 4.78 is 0. The first kappa shape index (κ1) is 62.6. The molecule has 0 saturated heterocycles. The first-order valence-corrected chi connectivity index (χ1v) is 28.3. The zero-order valence-electron chi connectivity index (χ0n) is 43.2. The highest BCUT2D eigenvalue weighted by atomic mass is 16.3. The molecule has 0 aromatic rings. The van der Waals surface area contributed by atoms with Gasteiger partial charge in [0.1, 0.15) is 0 Å². The lowest BCUT2D eigenvalue weighted by Crippen LogP contribution is -2.45. The lowest BCUT2D eigenvalue weighted by atomic mass is 10.0. The Morgan fingerprint density at radius 3 is 1.08 bits per heavy atom. The summed E-state index contributed by atoms with van der Waals surface area (Å²) in [6, 6.07) is -0.649. The van der Waals surface area contributed by atoms with Gasteiger partial charge in [-0.05, 0) is 77.0 Å². The molecular formula is C61H109NO3. The third-order valence-corrected chi connectivity index (χ3v) is 12.6. The van der Waals surface area contributed by atoms with E-state index >= 15 is 0 Å². The Balaban J connectivity index is 3.57. The number of nitrogens with one attached hydrogen (secondary N) is 1. The number of rotatable bonds is 51. The van der Waals surface area contributed by atoms with Crippen molar-refractivity contribution in [2.45, 2.75) is 289 Å². The van der Waals surface area contributed by atoms with Crippen LogP contribution in [0, 0.1) is 0 Å². The van der Waals surface area contributed by atoms with Gasteiger partial charge in [0.15, 0.2) is 0 Å². The van der Waals surface area contributed by atoms with Crippen LogP contribution >= 0.6 is 0 Å². The maximum Gasteiger partial charge on any atom is 0.220 e. The number of hydrogen-bond acceptors (Lipinski definition) is 3. The Hall–Kier alpha value is -2.43. The predicted molar refractivity (Wildman–Crippen MR) is 290 cm³/mol. The summed E-state index contributed by atoms with van der Waals surface area (Å²) in [5.74, 6) is -0.0812. The zero-order chi connectivity index (χ0) is 47.0. The van der Waals surface area contributed by atoms with Crippen molar-refractivity contribution in [3.05, 3.63) is 85.1 Å². The molecule has 0 aliphatic carbocycles. The lowest BCUT2D eigenvalue weighted by Gasteiger charge is -2.19. The molecule has 0 aromatic heterocycles. The van der Waals surface area contributed by atoms with Crippen LogP contribution in [0.3, 0.4) is 0 Å². The summed E-state index contributed by atoms with van der Waals surface area (Å²) in [4.78, 5) is 12.5. The van der Waals surface area contributed by atoms with Crippen molar-refractivity contribution in [1.29, 1.82) is 0 Å². The van der Waals surface area contributed by atoms with Gasteiger partial charge in [-0.25, -0.2) is 0 Å². The molecule has 1 amide bonds. The lowest BCUT2D eigenvalue weighted by molar-refractivity contribution is -0.123. The van der Waals surface area contributed by atoms with E-state index < -0.39 is 12.1 Å². The summed E-state index contributed by atoms with van der Waals surface area (Å²) in [5.41, 5.74) is 0. The van der Waals surface area contributed by atoms with Crippen LogP contribution in [0.5, 0.6) is 0 Å². The SMILES string of the molecule is CC/C=C\C/C=C\C/C=C\C/C=C\C/C=C\CCCCCCCCCCCC(=O)NC(CO)C(O)/C=C/CC/C=C/CCCCCCCCCCCCCCCCCCCCCCCC. The van der Waals surface area contributed by atoms with Crippen LogP contribution in [0.15, 0.2) is 85.1 Å². The van der Waals surface area contributed by atoms with E-state index in [-0.39, 0.29) is 12.5 Å². The molecule has 0 fully saturated rings. The average molecular weight is 905 g/mol. The number of unbranched alkanes of at least 4 members (excludes halogenated alkanes) is 32. The smallest absolute Gasteiger partial charge is 0.220 e. The first-order valence-electron chi connectivity index (χ1n) is 28.3. The highest BCUT2D eigenvalue weighted by Gasteiger charge is 2.18. The molecule has 0 aromatic carbocycles. The molecule has 376 valence electrons. The van der Waals surface area contributed by atoms with Gasteiger partial charge >= 0.3 is 0 Å². The second-order valence-corrected chi connectivity index (χ2v) is 19.0. The molecule has 0 aliphatic heterocycles. The number of aliphatic hydroxyl groups is 2. The minimum atomic E-state index is -0.871. The minimum absolute atomic E-state index is 0.0812. The third kappa shape index (κ3) is 52.4. The first-order chi connectivity index (χ1) is 32.2. The minimum Gasteiger partial charge on any atom is -0.394 e. The van der Waals surface area contributed by atoms with Crippen molar-refractivity contribution < 1.29 is 15.0 Å². The normalized spacial score (nSPS) is 13.5. The van der Waals surface area contributed by atoms with Gasteiger partial charge in [0.25, 0.3) is 0 Å². The molecule has 0 aliphatic rings. The summed E-state index contributed by atoms with van der Waals surface area (Å²) in [5, 5.41) is 23.2. The Labute approximate surface area is 405 Å². The van der Waals surface area contributed by atoms with Gasteiger partial charge in [0.2, 0.25) is 5.91 Å². The van der Waals surface area contributed by atoms with Gasteiger partial charge in [-0.15, -0.1) is 0 Å². The van der Waals surface area contributed by atoms with Gasteiger partial charge < -0.3 is 15.5 Å². The number of aliphatic hydroxyl groups excluding tert-OH is 2. The standard InChI is InChI=1S/C61H109NO3/c1-3-5-7-9-11-13-15-17-19-21-23-25-27-29-30-31-33-34-36-38-40-42-44-46-48-50-52-54-56-60(64)59(58-63)62-61(65)57-55-53-51-49-47-45-43-41-39-37-35-32-28-26-24-22-20-18-16-14-12-10-8-6-4-2/h6,8,12,14,18,20,24,26,32,35,46,48,54,56,59-60,63-64H,3-5,7,9-11,13,15-17,19,21-23,25,27-31,33-34,36-45,47,49-53,55,57-58H2,1-2H3,(H,62,65)/b8-6-,14-12-,20-18-,26-24-,35-32-,48-46+,56-54+. The van der Waals surface area contributed by atoms with E-state index in [1.165, 1.54) is 186 Å². The molecule has 4 heteroatoms. The summed E-state index contributed by atoms with van der Waals surface area (Å²) >= 11 is 0. The monoisotopic (exact) mass is 904 g/mol. The maximum atomic E-state index is 12.5. The summed E-state index contributed by atoms with van der Waals surface area (Å²) in [7, 11) is 0. The van der Waals surface area contributed by atoms with Crippen LogP contribution in [0.25, 0.3) is 0 Å². The van der Waals surface area contributed by atoms with Crippen LogP contribution in [0.2, 0.25) is 0 Å². The second-order valence-electron chi connectivity index (χ2n) is 19.0. The van der Waals surface area contributed by atoms with E-state index in [1.54, 1.807) is 6.08 Å². The molecule has 0 saturated carbocycles. The van der Waals surface area contributed by atoms with Gasteiger partial charge in [-0.3, -0.25) is 4.79 Å². The molecule has 0 bridgehead atoms.